The number of rotatable bonds is 4. The lowest BCUT2D eigenvalue weighted by Crippen LogP contribution is -2.22. The molecule has 3 fully saturated rings. The fraction of sp³-hybridized carbons (Fsp3) is 0.667. The van der Waals surface area contributed by atoms with Gasteiger partial charge in [0.1, 0.15) is 5.75 Å². The van der Waals surface area contributed by atoms with Gasteiger partial charge in [0, 0.05) is 11.6 Å². The van der Waals surface area contributed by atoms with Crippen LogP contribution in [0, 0.1) is 36.5 Å². The average molecular weight is 271 g/mol. The van der Waals surface area contributed by atoms with E-state index in [0.29, 0.717) is 6.04 Å². The maximum Gasteiger partial charge on any atom is 0.123 e. The van der Waals surface area contributed by atoms with Crippen LogP contribution in [-0.4, -0.2) is 14.2 Å². The van der Waals surface area contributed by atoms with Crippen molar-refractivity contribution in [3.05, 3.63) is 29.3 Å². The highest BCUT2D eigenvalue weighted by Gasteiger charge is 2.66. The van der Waals surface area contributed by atoms with Crippen molar-refractivity contribution in [3.8, 4) is 5.75 Å². The third-order valence-corrected chi connectivity index (χ3v) is 6.21. The van der Waals surface area contributed by atoms with Crippen LogP contribution in [0.15, 0.2) is 18.2 Å². The van der Waals surface area contributed by atoms with Gasteiger partial charge in [-0.25, -0.2) is 0 Å². The Balaban J connectivity index is 1.65. The number of aryl methyl sites for hydroxylation is 1. The van der Waals surface area contributed by atoms with E-state index >= 15 is 0 Å². The normalized spacial score (nSPS) is 38.6. The molecule has 0 radical (unpaired) electrons. The second-order valence-electron chi connectivity index (χ2n) is 7.08. The van der Waals surface area contributed by atoms with Crippen LogP contribution in [-0.2, 0) is 0 Å². The molecule has 108 valence electrons. The predicted octanol–water partition coefficient (Wildman–Crippen LogP) is 3.56. The second kappa shape index (κ2) is 4.49. The molecule has 0 aromatic heterocycles. The fourth-order valence-electron chi connectivity index (χ4n) is 5.49. The van der Waals surface area contributed by atoms with Gasteiger partial charge in [0.2, 0.25) is 0 Å². The quantitative estimate of drug-likeness (QED) is 0.904. The first-order valence-corrected chi connectivity index (χ1v) is 8.06. The first kappa shape index (κ1) is 12.7. The summed E-state index contributed by atoms with van der Waals surface area (Å²) < 4.78 is 5.61. The molecular formula is C18H25NO. The van der Waals surface area contributed by atoms with Gasteiger partial charge in [0.15, 0.2) is 0 Å². The number of hydrogen-bond acceptors (Lipinski definition) is 2. The third-order valence-electron chi connectivity index (χ3n) is 6.21. The Labute approximate surface area is 121 Å². The van der Waals surface area contributed by atoms with E-state index in [1.165, 1.54) is 30.4 Å². The van der Waals surface area contributed by atoms with Crippen LogP contribution >= 0.6 is 0 Å². The molecule has 3 aliphatic rings. The van der Waals surface area contributed by atoms with Gasteiger partial charge >= 0.3 is 0 Å². The summed E-state index contributed by atoms with van der Waals surface area (Å²) in [4.78, 5) is 0. The molecule has 1 aromatic rings. The summed E-state index contributed by atoms with van der Waals surface area (Å²) in [7, 11) is 3.90. The lowest BCUT2D eigenvalue weighted by molar-refractivity contribution is 0.362. The molecule has 0 amide bonds. The molecule has 5 unspecified atom stereocenters. The highest BCUT2D eigenvalue weighted by Crippen LogP contribution is 2.72. The summed E-state index contributed by atoms with van der Waals surface area (Å²) in [5.41, 5.74) is 2.70. The topological polar surface area (TPSA) is 21.3 Å². The van der Waals surface area contributed by atoms with Crippen molar-refractivity contribution in [2.75, 3.05) is 14.2 Å². The lowest BCUT2D eigenvalue weighted by Gasteiger charge is -2.23. The van der Waals surface area contributed by atoms with Crippen molar-refractivity contribution in [3.63, 3.8) is 0 Å². The minimum absolute atomic E-state index is 0.475. The monoisotopic (exact) mass is 271 g/mol. The van der Waals surface area contributed by atoms with Crippen molar-refractivity contribution >= 4 is 0 Å². The molecule has 2 heteroatoms. The summed E-state index contributed by atoms with van der Waals surface area (Å²) in [6.07, 6.45) is 4.50. The Morgan fingerprint density at radius 1 is 1.20 bits per heavy atom. The van der Waals surface area contributed by atoms with Gasteiger partial charge in [-0.3, -0.25) is 0 Å². The highest BCUT2D eigenvalue weighted by molar-refractivity contribution is 5.41. The van der Waals surface area contributed by atoms with Crippen molar-refractivity contribution < 1.29 is 4.74 Å². The molecule has 2 bridgehead atoms. The molecule has 0 heterocycles. The van der Waals surface area contributed by atoms with E-state index in [-0.39, 0.29) is 0 Å². The number of hydrogen-bond donors (Lipinski definition) is 1. The van der Waals surface area contributed by atoms with Crippen molar-refractivity contribution in [1.82, 2.24) is 5.32 Å². The molecule has 0 saturated heterocycles. The number of methoxy groups -OCH3 is 1. The zero-order valence-electron chi connectivity index (χ0n) is 12.7. The van der Waals surface area contributed by atoms with Crippen LogP contribution in [0.5, 0.6) is 5.75 Å². The summed E-state index contributed by atoms with van der Waals surface area (Å²) in [5.74, 6) is 5.95. The fourth-order valence-corrected chi connectivity index (χ4v) is 5.49. The largest absolute Gasteiger partial charge is 0.496 e. The number of benzene rings is 1. The van der Waals surface area contributed by atoms with Crippen molar-refractivity contribution in [2.24, 2.45) is 29.6 Å². The molecule has 1 aromatic carbocycles. The van der Waals surface area contributed by atoms with E-state index in [1.54, 1.807) is 7.11 Å². The molecule has 3 saturated carbocycles. The van der Waals surface area contributed by atoms with E-state index in [1.807, 2.05) is 0 Å². The predicted molar refractivity (Wildman–Crippen MR) is 80.8 cm³/mol. The van der Waals surface area contributed by atoms with Crippen LogP contribution in [0.1, 0.15) is 36.4 Å². The van der Waals surface area contributed by atoms with E-state index in [4.69, 9.17) is 4.74 Å². The van der Waals surface area contributed by atoms with Gasteiger partial charge < -0.3 is 10.1 Å². The van der Waals surface area contributed by atoms with Gasteiger partial charge in [0.25, 0.3) is 0 Å². The molecule has 0 spiro atoms. The zero-order valence-corrected chi connectivity index (χ0v) is 12.7. The van der Waals surface area contributed by atoms with Crippen molar-refractivity contribution in [2.45, 2.75) is 32.2 Å². The van der Waals surface area contributed by atoms with Crippen LogP contribution in [0.25, 0.3) is 0 Å². The molecule has 20 heavy (non-hydrogen) atoms. The minimum atomic E-state index is 0.475. The maximum absolute atomic E-state index is 5.61. The Morgan fingerprint density at radius 2 is 1.90 bits per heavy atom. The number of nitrogens with one attached hydrogen (secondary N) is 1. The molecule has 4 rings (SSSR count). The highest BCUT2D eigenvalue weighted by atomic mass is 16.5. The zero-order chi connectivity index (χ0) is 13.9. The van der Waals surface area contributed by atoms with Gasteiger partial charge in [-0.1, -0.05) is 17.7 Å². The van der Waals surface area contributed by atoms with Crippen molar-refractivity contribution in [1.29, 1.82) is 0 Å². The third kappa shape index (κ3) is 1.67. The Morgan fingerprint density at radius 3 is 2.50 bits per heavy atom. The van der Waals surface area contributed by atoms with E-state index in [0.717, 1.165) is 35.3 Å². The van der Waals surface area contributed by atoms with Crippen LogP contribution in [0.2, 0.25) is 0 Å². The Hall–Kier alpha value is -1.02. The standard InChI is InChI=1S/C18H25NO/c1-10-4-7-14(20-3)13(8-10)18(19-2)17-15-11-5-6-12(9-11)16(15)17/h4,7-8,11-12,15-19H,5-6,9H2,1-3H3. The Kier molecular flexibility index (Phi) is 2.85. The average Bonchev–Trinajstić information content (AvgIpc) is 2.88. The summed E-state index contributed by atoms with van der Waals surface area (Å²) >= 11 is 0. The first-order chi connectivity index (χ1) is 9.74. The SMILES string of the molecule is CNC(c1cc(C)ccc1OC)C1C2C3CCC(C3)C21. The molecule has 2 nitrogen and oxygen atoms in total. The summed E-state index contributed by atoms with van der Waals surface area (Å²) in [5, 5.41) is 3.60. The Bertz CT molecular complexity index is 510. The second-order valence-corrected chi connectivity index (χ2v) is 7.08. The van der Waals surface area contributed by atoms with Crippen LogP contribution < -0.4 is 10.1 Å². The van der Waals surface area contributed by atoms with Gasteiger partial charge in [-0.2, -0.15) is 0 Å². The summed E-state index contributed by atoms with van der Waals surface area (Å²) in [6.45, 7) is 2.17. The smallest absolute Gasteiger partial charge is 0.123 e. The van der Waals surface area contributed by atoms with Crippen LogP contribution in [0.4, 0.5) is 0 Å². The van der Waals surface area contributed by atoms with E-state index in [2.05, 4.69) is 37.5 Å². The van der Waals surface area contributed by atoms with Gasteiger partial charge in [-0.15, -0.1) is 0 Å². The first-order valence-electron chi connectivity index (χ1n) is 8.06. The van der Waals surface area contributed by atoms with Crippen LogP contribution in [0.3, 0.4) is 0 Å². The molecule has 1 N–H and O–H groups in total. The molecule has 0 aliphatic heterocycles. The minimum Gasteiger partial charge on any atom is -0.496 e. The number of fused-ring (bicyclic) bond motifs is 5. The van der Waals surface area contributed by atoms with Gasteiger partial charge in [0.05, 0.1) is 7.11 Å². The number of ether oxygens (including phenoxy) is 1. The summed E-state index contributed by atoms with van der Waals surface area (Å²) in [6, 6.07) is 7.06. The molecule has 3 aliphatic carbocycles. The van der Waals surface area contributed by atoms with E-state index in [9.17, 15) is 0 Å². The molecular weight excluding hydrogens is 246 g/mol. The van der Waals surface area contributed by atoms with Gasteiger partial charge in [-0.05, 0) is 68.9 Å². The molecule has 5 atom stereocenters. The van der Waals surface area contributed by atoms with E-state index < -0.39 is 0 Å². The lowest BCUT2D eigenvalue weighted by atomic mass is 9.92. The maximum atomic E-state index is 5.61.